The largest absolute Gasteiger partial charge is 0.338 e. The zero-order valence-electron chi connectivity index (χ0n) is 24.9. The number of urea groups is 1. The molecule has 0 saturated carbocycles. The summed E-state index contributed by atoms with van der Waals surface area (Å²) in [5, 5.41) is 5.58. The number of nitrogens with one attached hydrogen (secondary N) is 3. The summed E-state index contributed by atoms with van der Waals surface area (Å²) >= 11 is 0. The summed E-state index contributed by atoms with van der Waals surface area (Å²) in [6.45, 7) is 9.31. The number of rotatable bonds is 17. The molecule has 3 aromatic carbocycles. The van der Waals surface area contributed by atoms with Crippen LogP contribution in [0.15, 0.2) is 78.9 Å². The first kappa shape index (κ1) is 33.0. The smallest absolute Gasteiger partial charge is 0.315 e. The molecule has 0 aromatic heterocycles. The number of sulfonamides is 1. The van der Waals surface area contributed by atoms with Gasteiger partial charge in [0, 0.05) is 18.7 Å². The lowest BCUT2D eigenvalue weighted by atomic mass is 9.95. The van der Waals surface area contributed by atoms with Crippen LogP contribution in [0.5, 0.6) is 0 Å². The highest BCUT2D eigenvalue weighted by Gasteiger charge is 2.25. The van der Waals surface area contributed by atoms with Crippen molar-refractivity contribution in [1.29, 1.82) is 0 Å². The molecule has 3 rings (SSSR count). The number of benzene rings is 3. The van der Waals surface area contributed by atoms with Gasteiger partial charge in [-0.1, -0.05) is 92.7 Å². The third kappa shape index (κ3) is 10.4. The minimum absolute atomic E-state index is 0.0291. The van der Waals surface area contributed by atoms with Gasteiger partial charge in [-0.3, -0.25) is 4.79 Å². The minimum atomic E-state index is -3.66. The van der Waals surface area contributed by atoms with Crippen molar-refractivity contribution >= 4 is 21.8 Å². The van der Waals surface area contributed by atoms with Gasteiger partial charge in [-0.2, -0.15) is 0 Å². The van der Waals surface area contributed by atoms with E-state index in [0.717, 1.165) is 35.3 Å². The van der Waals surface area contributed by atoms with Gasteiger partial charge in [0.15, 0.2) is 5.78 Å². The highest BCUT2D eigenvalue weighted by molar-refractivity contribution is 7.89. The van der Waals surface area contributed by atoms with Gasteiger partial charge in [-0.25, -0.2) is 17.9 Å². The Kier molecular flexibility index (Phi) is 13.2. The number of amides is 2. The van der Waals surface area contributed by atoms with E-state index in [9.17, 15) is 18.0 Å². The van der Waals surface area contributed by atoms with Crippen molar-refractivity contribution in [2.75, 3.05) is 31.9 Å². The predicted octanol–water partition coefficient (Wildman–Crippen LogP) is 5.01. The number of ketones is 1. The van der Waals surface area contributed by atoms with Crippen LogP contribution in [-0.4, -0.2) is 63.1 Å². The van der Waals surface area contributed by atoms with E-state index < -0.39 is 16.1 Å². The van der Waals surface area contributed by atoms with Crippen molar-refractivity contribution < 1.29 is 18.0 Å². The normalized spacial score (nSPS) is 12.2. The van der Waals surface area contributed by atoms with E-state index in [-0.39, 0.29) is 17.6 Å². The van der Waals surface area contributed by atoms with Crippen LogP contribution < -0.4 is 15.4 Å². The van der Waals surface area contributed by atoms with Gasteiger partial charge in [-0.05, 0) is 68.1 Å². The number of carbonyl (C=O) groups is 2. The number of aryl methyl sites for hydroxylation is 1. The van der Waals surface area contributed by atoms with Crippen molar-refractivity contribution in [3.8, 4) is 11.1 Å². The average Bonchev–Trinajstić information content (AvgIpc) is 3.01. The average molecular weight is 593 g/mol. The van der Waals surface area contributed by atoms with Gasteiger partial charge >= 0.3 is 6.03 Å². The van der Waals surface area contributed by atoms with Crippen molar-refractivity contribution in [2.45, 2.75) is 52.6 Å². The molecule has 1 atom stereocenters. The molecule has 0 aliphatic rings. The summed E-state index contributed by atoms with van der Waals surface area (Å²) < 4.78 is 28.8. The third-order valence-electron chi connectivity index (χ3n) is 7.26. The summed E-state index contributed by atoms with van der Waals surface area (Å²) in [5.74, 6) is -0.283. The summed E-state index contributed by atoms with van der Waals surface area (Å²) in [7, 11) is -3.66. The molecular weight excluding hydrogens is 548 g/mol. The molecule has 0 fully saturated rings. The van der Waals surface area contributed by atoms with Crippen molar-refractivity contribution in [3.63, 3.8) is 0 Å². The fraction of sp³-hybridized carbons (Fsp3) is 0.394. The Labute approximate surface area is 251 Å². The zero-order valence-corrected chi connectivity index (χ0v) is 25.8. The van der Waals surface area contributed by atoms with E-state index >= 15 is 0 Å². The van der Waals surface area contributed by atoms with E-state index in [0.29, 0.717) is 44.5 Å². The number of hydrogen-bond acceptors (Lipinski definition) is 5. The molecule has 0 aliphatic heterocycles. The molecule has 3 N–H and O–H groups in total. The summed E-state index contributed by atoms with van der Waals surface area (Å²) in [6.07, 6.45) is 1.43. The SMILES string of the molecule is CCNC(=O)NCc1ccccc1-c1ccc(C(=O)[C@@H](CCc2ccccc2)NS(=O)(=O)CCCN(CC)CC)cc1. The Balaban J connectivity index is 1.76. The van der Waals surface area contributed by atoms with Crippen molar-refractivity contribution in [3.05, 3.63) is 95.6 Å². The summed E-state index contributed by atoms with van der Waals surface area (Å²) in [6, 6.07) is 23.7. The second kappa shape index (κ2) is 16.8. The Morgan fingerprint density at radius 3 is 2.17 bits per heavy atom. The highest BCUT2D eigenvalue weighted by Crippen LogP contribution is 2.25. The molecule has 0 heterocycles. The topological polar surface area (TPSA) is 108 Å². The Morgan fingerprint density at radius 2 is 1.50 bits per heavy atom. The molecule has 3 aromatic rings. The maximum Gasteiger partial charge on any atom is 0.315 e. The third-order valence-corrected chi connectivity index (χ3v) is 8.73. The lowest BCUT2D eigenvalue weighted by Gasteiger charge is -2.20. The lowest BCUT2D eigenvalue weighted by molar-refractivity contribution is 0.0949. The van der Waals surface area contributed by atoms with Crippen LogP contribution in [0.2, 0.25) is 0 Å². The fourth-order valence-electron chi connectivity index (χ4n) is 4.86. The van der Waals surface area contributed by atoms with E-state index in [1.165, 1.54) is 0 Å². The molecule has 8 nitrogen and oxygen atoms in total. The Morgan fingerprint density at radius 1 is 0.833 bits per heavy atom. The van der Waals surface area contributed by atoms with Gasteiger partial charge in [0.05, 0.1) is 11.8 Å². The van der Waals surface area contributed by atoms with Crippen LogP contribution in [-0.2, 0) is 23.0 Å². The highest BCUT2D eigenvalue weighted by atomic mass is 32.2. The van der Waals surface area contributed by atoms with E-state index in [1.54, 1.807) is 12.1 Å². The molecule has 42 heavy (non-hydrogen) atoms. The fourth-order valence-corrected chi connectivity index (χ4v) is 6.15. The Hall–Kier alpha value is -3.53. The van der Waals surface area contributed by atoms with Crippen molar-refractivity contribution in [1.82, 2.24) is 20.3 Å². The zero-order chi connectivity index (χ0) is 30.4. The second-order valence-corrected chi connectivity index (χ2v) is 12.1. The molecule has 0 saturated heterocycles. The van der Waals surface area contributed by atoms with E-state index in [1.807, 2.05) is 73.7 Å². The van der Waals surface area contributed by atoms with Gasteiger partial charge in [-0.15, -0.1) is 0 Å². The van der Waals surface area contributed by atoms with Crippen LogP contribution in [0.4, 0.5) is 4.79 Å². The maximum atomic E-state index is 13.7. The molecule has 0 radical (unpaired) electrons. The first-order chi connectivity index (χ1) is 20.3. The molecule has 0 bridgehead atoms. The molecule has 9 heteroatoms. The van der Waals surface area contributed by atoms with Crippen LogP contribution in [0.3, 0.4) is 0 Å². The molecule has 0 aliphatic carbocycles. The van der Waals surface area contributed by atoms with Gasteiger partial charge in [0.1, 0.15) is 0 Å². The van der Waals surface area contributed by atoms with Crippen molar-refractivity contribution in [2.24, 2.45) is 0 Å². The van der Waals surface area contributed by atoms with Crippen LogP contribution in [0, 0.1) is 0 Å². The van der Waals surface area contributed by atoms with Crippen LogP contribution in [0.1, 0.15) is 55.1 Å². The van der Waals surface area contributed by atoms with Gasteiger partial charge in [0.25, 0.3) is 0 Å². The first-order valence-electron chi connectivity index (χ1n) is 14.8. The summed E-state index contributed by atoms with van der Waals surface area (Å²) in [4.78, 5) is 27.8. The van der Waals surface area contributed by atoms with Crippen LogP contribution in [0.25, 0.3) is 11.1 Å². The van der Waals surface area contributed by atoms with Crippen LogP contribution >= 0.6 is 0 Å². The van der Waals surface area contributed by atoms with Gasteiger partial charge < -0.3 is 15.5 Å². The predicted molar refractivity (Wildman–Crippen MR) is 170 cm³/mol. The quantitative estimate of drug-likeness (QED) is 0.191. The van der Waals surface area contributed by atoms with E-state index in [2.05, 4.69) is 34.1 Å². The standard InChI is InChI=1S/C33H44N4O4S/c1-4-34-33(39)35-25-29-15-10-11-16-30(29)27-18-20-28(21-19-27)32(38)31(22-17-26-13-8-7-9-14-26)36-42(40,41)24-12-23-37(5-2)6-3/h7-11,13-16,18-21,31,36H,4-6,12,17,22-25H2,1-3H3,(H2,34,35,39)/t31-/m1/s1. The minimum Gasteiger partial charge on any atom is -0.338 e. The molecule has 2 amide bonds. The Bertz CT molecular complexity index is 1370. The molecule has 0 spiro atoms. The molecule has 226 valence electrons. The maximum absolute atomic E-state index is 13.7. The first-order valence-corrected chi connectivity index (χ1v) is 16.4. The molecular formula is C33H44N4O4S. The number of nitrogens with zero attached hydrogens (tertiary/aromatic N) is 1. The van der Waals surface area contributed by atoms with E-state index in [4.69, 9.17) is 0 Å². The monoisotopic (exact) mass is 592 g/mol. The lowest BCUT2D eigenvalue weighted by Crippen LogP contribution is -2.42. The second-order valence-electron chi connectivity index (χ2n) is 10.2. The number of hydrogen-bond donors (Lipinski definition) is 3. The number of carbonyl (C=O) groups excluding carboxylic acids is 2. The number of Topliss-reactive ketones (excluding diaryl/α,β-unsaturated/α-hetero) is 1. The van der Waals surface area contributed by atoms with Gasteiger partial charge in [0.2, 0.25) is 10.0 Å². The summed E-state index contributed by atoms with van der Waals surface area (Å²) in [5.41, 5.74) is 4.28. The molecule has 0 unspecified atom stereocenters.